The Kier molecular flexibility index (Phi) is 5.07. The van der Waals surface area contributed by atoms with Crippen LogP contribution in [-0.2, 0) is 11.2 Å². The molecule has 0 N–H and O–H groups in total. The maximum atomic E-state index is 12.0. The highest BCUT2D eigenvalue weighted by Gasteiger charge is 2.09. The van der Waals surface area contributed by atoms with Gasteiger partial charge in [0.15, 0.2) is 0 Å². The van der Waals surface area contributed by atoms with Crippen LogP contribution in [0.15, 0.2) is 29.6 Å². The number of rotatable bonds is 5. The van der Waals surface area contributed by atoms with E-state index < -0.39 is 0 Å². The van der Waals surface area contributed by atoms with Crippen LogP contribution >= 0.6 is 11.3 Å². The van der Waals surface area contributed by atoms with Gasteiger partial charge < -0.3 is 4.90 Å². The highest BCUT2D eigenvalue weighted by molar-refractivity contribution is 7.09. The van der Waals surface area contributed by atoms with E-state index in [1.165, 1.54) is 0 Å². The molecular weight excluding hydrogens is 282 g/mol. The van der Waals surface area contributed by atoms with Crippen LogP contribution in [0.3, 0.4) is 0 Å². The molecule has 4 nitrogen and oxygen atoms in total. The Balaban J connectivity index is 1.99. The molecule has 5 heteroatoms. The molecule has 1 amide bonds. The van der Waals surface area contributed by atoms with Gasteiger partial charge in [0, 0.05) is 24.5 Å². The maximum Gasteiger partial charge on any atom is 0.226 e. The van der Waals surface area contributed by atoms with E-state index in [0.29, 0.717) is 19.4 Å². The zero-order valence-electron chi connectivity index (χ0n) is 12.2. The van der Waals surface area contributed by atoms with Crippen molar-refractivity contribution in [2.75, 3.05) is 13.6 Å². The molecule has 0 aliphatic heterocycles. The largest absolute Gasteiger partial charge is 0.344 e. The van der Waals surface area contributed by atoms with Gasteiger partial charge in [-0.05, 0) is 12.5 Å². The van der Waals surface area contributed by atoms with Gasteiger partial charge in [-0.2, -0.15) is 5.26 Å². The van der Waals surface area contributed by atoms with Crippen molar-refractivity contribution in [2.24, 2.45) is 0 Å². The minimum absolute atomic E-state index is 0.0301. The predicted molar refractivity (Wildman–Crippen MR) is 83.9 cm³/mol. The molecule has 0 saturated heterocycles. The smallest absolute Gasteiger partial charge is 0.226 e. The van der Waals surface area contributed by atoms with E-state index in [-0.39, 0.29) is 5.91 Å². The van der Waals surface area contributed by atoms with Crippen molar-refractivity contribution in [3.8, 4) is 17.3 Å². The van der Waals surface area contributed by atoms with E-state index >= 15 is 0 Å². The zero-order chi connectivity index (χ0) is 15.2. The van der Waals surface area contributed by atoms with Gasteiger partial charge in [-0.15, -0.1) is 11.3 Å². The fourth-order valence-corrected chi connectivity index (χ4v) is 2.56. The number of nitriles is 1. The van der Waals surface area contributed by atoms with Gasteiger partial charge in [0.2, 0.25) is 5.91 Å². The lowest BCUT2D eigenvalue weighted by atomic mass is 10.1. The van der Waals surface area contributed by atoms with Gasteiger partial charge in [-0.1, -0.05) is 24.3 Å². The van der Waals surface area contributed by atoms with Crippen molar-refractivity contribution in [1.29, 1.82) is 5.26 Å². The lowest BCUT2D eigenvalue weighted by Crippen LogP contribution is -2.28. The number of likely N-dealkylation sites (N-methyl/N-ethyl adjacent to an activating group) is 1. The summed E-state index contributed by atoms with van der Waals surface area (Å²) in [6.45, 7) is 2.46. The zero-order valence-corrected chi connectivity index (χ0v) is 13.0. The van der Waals surface area contributed by atoms with Gasteiger partial charge >= 0.3 is 0 Å². The summed E-state index contributed by atoms with van der Waals surface area (Å²) < 4.78 is 0. The lowest BCUT2D eigenvalue weighted by molar-refractivity contribution is -0.129. The van der Waals surface area contributed by atoms with Crippen molar-refractivity contribution >= 4 is 17.2 Å². The molecule has 1 aromatic heterocycles. The van der Waals surface area contributed by atoms with Gasteiger partial charge in [0.1, 0.15) is 0 Å². The summed E-state index contributed by atoms with van der Waals surface area (Å²) in [5, 5.41) is 11.6. The van der Waals surface area contributed by atoms with Crippen LogP contribution in [0.4, 0.5) is 0 Å². The fourth-order valence-electron chi connectivity index (χ4n) is 1.94. The van der Waals surface area contributed by atoms with Gasteiger partial charge in [0.25, 0.3) is 0 Å². The molecule has 0 fully saturated rings. The third kappa shape index (κ3) is 4.14. The molecule has 0 aliphatic rings. The van der Waals surface area contributed by atoms with Crippen LogP contribution in [0.5, 0.6) is 0 Å². The van der Waals surface area contributed by atoms with E-state index in [9.17, 15) is 4.79 Å². The van der Waals surface area contributed by atoms with Crippen LogP contribution in [0, 0.1) is 18.3 Å². The highest BCUT2D eigenvalue weighted by atomic mass is 32.1. The molecular formula is C16H17N3OS. The van der Waals surface area contributed by atoms with E-state index in [1.54, 1.807) is 23.3 Å². The number of aromatic nitrogens is 1. The summed E-state index contributed by atoms with van der Waals surface area (Å²) in [5.74, 6) is 0.0301. The van der Waals surface area contributed by atoms with E-state index in [0.717, 1.165) is 21.8 Å². The first-order valence-corrected chi connectivity index (χ1v) is 7.60. The number of hydrogen-bond donors (Lipinski definition) is 0. The van der Waals surface area contributed by atoms with Gasteiger partial charge in [-0.3, -0.25) is 4.79 Å². The molecule has 21 heavy (non-hydrogen) atoms. The number of carbonyl (C=O) groups is 1. The summed E-state index contributed by atoms with van der Waals surface area (Å²) in [4.78, 5) is 18.0. The van der Waals surface area contributed by atoms with Crippen LogP contribution in [0.2, 0.25) is 0 Å². The van der Waals surface area contributed by atoms with Crippen molar-refractivity contribution in [1.82, 2.24) is 9.88 Å². The maximum absolute atomic E-state index is 12.0. The molecule has 108 valence electrons. The quantitative estimate of drug-likeness (QED) is 0.852. The summed E-state index contributed by atoms with van der Waals surface area (Å²) in [6, 6.07) is 9.95. The van der Waals surface area contributed by atoms with Crippen LogP contribution in [0.25, 0.3) is 11.3 Å². The normalized spacial score (nSPS) is 10.1. The van der Waals surface area contributed by atoms with Crippen molar-refractivity contribution < 1.29 is 4.79 Å². The topological polar surface area (TPSA) is 57.0 Å². The summed E-state index contributed by atoms with van der Waals surface area (Å²) in [5.41, 5.74) is 3.01. The number of aryl methyl sites for hydroxylation is 1. The molecule has 0 aliphatic carbocycles. The molecule has 0 saturated carbocycles. The van der Waals surface area contributed by atoms with Crippen LogP contribution < -0.4 is 0 Å². The Bertz CT molecular complexity index is 655. The molecule has 0 spiro atoms. The number of nitrogens with zero attached hydrogens (tertiary/aromatic N) is 3. The average Bonchev–Trinajstić information content (AvgIpc) is 2.92. The summed E-state index contributed by atoms with van der Waals surface area (Å²) in [6.07, 6.45) is 0.725. The molecule has 0 atom stereocenters. The summed E-state index contributed by atoms with van der Waals surface area (Å²) in [7, 11) is 1.73. The number of thiazole rings is 1. The number of carbonyl (C=O) groups excluding carboxylic acids is 1. The second-order valence-corrected chi connectivity index (χ2v) is 5.91. The Morgan fingerprint density at radius 3 is 2.67 bits per heavy atom. The second-order valence-electron chi connectivity index (χ2n) is 4.85. The Hall–Kier alpha value is -2.19. The molecule has 0 bridgehead atoms. The number of hydrogen-bond acceptors (Lipinski definition) is 4. The SMILES string of the molecule is Cc1nc(-c2ccc(CC(=O)N(C)CCC#N)cc2)cs1. The van der Waals surface area contributed by atoms with Crippen molar-refractivity contribution in [2.45, 2.75) is 19.8 Å². The number of benzene rings is 1. The van der Waals surface area contributed by atoms with Crippen molar-refractivity contribution in [3.63, 3.8) is 0 Å². The van der Waals surface area contributed by atoms with Gasteiger partial charge in [-0.25, -0.2) is 4.98 Å². The first-order valence-electron chi connectivity index (χ1n) is 6.72. The predicted octanol–water partition coefficient (Wildman–Crippen LogP) is 3.03. The van der Waals surface area contributed by atoms with E-state index in [4.69, 9.17) is 5.26 Å². The van der Waals surface area contributed by atoms with E-state index in [1.807, 2.05) is 42.6 Å². The molecule has 2 rings (SSSR count). The third-order valence-corrected chi connectivity index (χ3v) is 3.98. The highest BCUT2D eigenvalue weighted by Crippen LogP contribution is 2.22. The lowest BCUT2D eigenvalue weighted by Gasteiger charge is -2.15. The first kappa shape index (κ1) is 15.2. The Morgan fingerprint density at radius 2 is 2.10 bits per heavy atom. The second kappa shape index (κ2) is 7.00. The van der Waals surface area contributed by atoms with Gasteiger partial charge in [0.05, 0.1) is 29.6 Å². The number of amides is 1. The first-order chi connectivity index (χ1) is 10.1. The molecule has 1 heterocycles. The molecule has 0 unspecified atom stereocenters. The van der Waals surface area contributed by atoms with Crippen LogP contribution in [-0.4, -0.2) is 29.4 Å². The Labute approximate surface area is 128 Å². The van der Waals surface area contributed by atoms with Crippen molar-refractivity contribution in [3.05, 3.63) is 40.2 Å². The monoisotopic (exact) mass is 299 g/mol. The molecule has 2 aromatic rings. The van der Waals surface area contributed by atoms with E-state index in [2.05, 4.69) is 4.98 Å². The summed E-state index contributed by atoms with van der Waals surface area (Å²) >= 11 is 1.63. The standard InChI is InChI=1S/C16H17N3OS/c1-12-18-15(11-21-12)14-6-4-13(5-7-14)10-16(20)19(2)9-3-8-17/h4-7,11H,3,9-10H2,1-2H3. The molecule has 1 aromatic carbocycles. The average molecular weight is 299 g/mol. The minimum atomic E-state index is 0.0301. The third-order valence-electron chi connectivity index (χ3n) is 3.21. The Morgan fingerprint density at radius 1 is 1.38 bits per heavy atom. The fraction of sp³-hybridized carbons (Fsp3) is 0.312. The minimum Gasteiger partial charge on any atom is -0.344 e. The van der Waals surface area contributed by atoms with Crippen LogP contribution in [0.1, 0.15) is 17.0 Å². The molecule has 0 radical (unpaired) electrons.